The summed E-state index contributed by atoms with van der Waals surface area (Å²) in [5.74, 6) is -0.803. The molecule has 7 heteroatoms. The van der Waals surface area contributed by atoms with E-state index >= 15 is 0 Å². The van der Waals surface area contributed by atoms with Gasteiger partial charge in [0.1, 0.15) is 11.6 Å². The van der Waals surface area contributed by atoms with Crippen molar-refractivity contribution < 1.29 is 14.3 Å². The molecule has 1 aliphatic heterocycles. The molecule has 0 atom stereocenters. The number of fused-ring (bicyclic) bond motifs is 1. The molecule has 2 amide bonds. The van der Waals surface area contributed by atoms with Gasteiger partial charge in [-0.2, -0.15) is 0 Å². The number of hydrogen-bond donors (Lipinski definition) is 2. The average molecular weight is 341 g/mol. The van der Waals surface area contributed by atoms with Gasteiger partial charge in [0.25, 0.3) is 17.4 Å². The number of imide groups is 1. The Labute approximate surface area is 144 Å². The highest BCUT2D eigenvalue weighted by molar-refractivity contribution is 6.23. The van der Waals surface area contributed by atoms with E-state index in [0.717, 1.165) is 18.9 Å². The monoisotopic (exact) mass is 341 g/mol. The minimum absolute atomic E-state index is 0.00198. The second kappa shape index (κ2) is 6.43. The average Bonchev–Trinajstić information content (AvgIpc) is 2.87. The maximum Gasteiger partial charge on any atom is 0.262 e. The van der Waals surface area contributed by atoms with Crippen molar-refractivity contribution in [3.05, 3.63) is 51.8 Å². The molecule has 0 saturated carbocycles. The molecule has 0 saturated heterocycles. The van der Waals surface area contributed by atoms with E-state index in [0.29, 0.717) is 11.4 Å². The number of rotatable bonds is 5. The van der Waals surface area contributed by atoms with Crippen LogP contribution >= 0.6 is 0 Å². The van der Waals surface area contributed by atoms with Crippen molar-refractivity contribution in [2.24, 2.45) is 0 Å². The molecule has 0 bridgehead atoms. The fourth-order valence-corrected chi connectivity index (χ4v) is 2.90. The summed E-state index contributed by atoms with van der Waals surface area (Å²) < 4.78 is 7.20. The molecule has 0 unspecified atom stereocenters. The first-order valence-electron chi connectivity index (χ1n) is 8.15. The third-order valence-corrected chi connectivity index (χ3v) is 4.26. The van der Waals surface area contributed by atoms with Gasteiger partial charge in [0.2, 0.25) is 0 Å². The van der Waals surface area contributed by atoms with Crippen LogP contribution in [0.15, 0.2) is 35.1 Å². The summed E-state index contributed by atoms with van der Waals surface area (Å²) in [5.41, 5.74) is 6.04. The van der Waals surface area contributed by atoms with E-state index in [1.54, 1.807) is 24.3 Å². The van der Waals surface area contributed by atoms with Crippen LogP contribution in [0.4, 0.5) is 5.82 Å². The number of nitrogens with two attached hydrogens (primary N) is 1. The highest BCUT2D eigenvalue weighted by Crippen LogP contribution is 2.29. The number of hydrogen-bond acceptors (Lipinski definition) is 5. The number of nitrogens with zero attached hydrogens (tertiary/aromatic N) is 1. The standard InChI is InChI=1S/C18H19N3O4/c1-3-10(4-2)25-13-8-6-5-7-12(13)21-14(22)9-11-15(16(21)19)18(24)20-17(11)23/h5-10H,3-4,19H2,1-2H3,(H,20,23,24). The van der Waals surface area contributed by atoms with E-state index in [-0.39, 0.29) is 23.0 Å². The Hall–Kier alpha value is -3.09. The van der Waals surface area contributed by atoms with Gasteiger partial charge in [-0.15, -0.1) is 0 Å². The molecule has 2 aromatic rings. The van der Waals surface area contributed by atoms with Crippen LogP contribution in [0, 0.1) is 0 Å². The summed E-state index contributed by atoms with van der Waals surface area (Å²) in [7, 11) is 0. The molecular weight excluding hydrogens is 322 g/mol. The topological polar surface area (TPSA) is 103 Å². The molecule has 3 rings (SSSR count). The second-order valence-corrected chi connectivity index (χ2v) is 5.80. The zero-order chi connectivity index (χ0) is 18.1. The molecule has 3 N–H and O–H groups in total. The predicted molar refractivity (Wildman–Crippen MR) is 93.2 cm³/mol. The number of aromatic nitrogens is 1. The fourth-order valence-electron chi connectivity index (χ4n) is 2.90. The first kappa shape index (κ1) is 16.8. The van der Waals surface area contributed by atoms with Gasteiger partial charge in [0, 0.05) is 6.07 Å². The van der Waals surface area contributed by atoms with Crippen LogP contribution in [0.2, 0.25) is 0 Å². The molecule has 1 aromatic heterocycles. The first-order chi connectivity index (χ1) is 12.0. The van der Waals surface area contributed by atoms with Crippen LogP contribution in [0.5, 0.6) is 5.75 Å². The van der Waals surface area contributed by atoms with E-state index < -0.39 is 17.4 Å². The van der Waals surface area contributed by atoms with Crippen LogP contribution in [0.1, 0.15) is 47.4 Å². The van der Waals surface area contributed by atoms with E-state index in [2.05, 4.69) is 5.32 Å². The Morgan fingerprint density at radius 1 is 1.12 bits per heavy atom. The number of nitrogen functional groups attached to an aromatic ring is 1. The molecular formula is C18H19N3O4. The first-order valence-corrected chi connectivity index (χ1v) is 8.15. The molecule has 2 heterocycles. The fraction of sp³-hybridized carbons (Fsp3) is 0.278. The summed E-state index contributed by atoms with van der Waals surface area (Å²) in [5, 5.41) is 2.15. The lowest BCUT2D eigenvalue weighted by Gasteiger charge is -2.20. The van der Waals surface area contributed by atoms with Crippen LogP contribution in [-0.2, 0) is 0 Å². The number of anilines is 1. The largest absolute Gasteiger partial charge is 0.488 e. The normalized spacial score (nSPS) is 13.1. The van der Waals surface area contributed by atoms with Crippen LogP contribution in [-0.4, -0.2) is 22.5 Å². The van der Waals surface area contributed by atoms with Gasteiger partial charge in [-0.1, -0.05) is 26.0 Å². The number of amides is 2. The van der Waals surface area contributed by atoms with Crippen LogP contribution in [0.25, 0.3) is 5.69 Å². The summed E-state index contributed by atoms with van der Waals surface area (Å²) in [4.78, 5) is 36.3. The molecule has 1 aliphatic rings. The smallest absolute Gasteiger partial charge is 0.262 e. The van der Waals surface area contributed by atoms with Gasteiger partial charge in [0.15, 0.2) is 0 Å². The Morgan fingerprint density at radius 2 is 1.80 bits per heavy atom. The molecule has 0 fully saturated rings. The Kier molecular flexibility index (Phi) is 4.31. The number of pyridine rings is 1. The maximum absolute atomic E-state index is 12.6. The van der Waals surface area contributed by atoms with Crippen molar-refractivity contribution in [3.8, 4) is 11.4 Å². The van der Waals surface area contributed by atoms with Gasteiger partial charge in [-0.25, -0.2) is 0 Å². The second-order valence-electron chi connectivity index (χ2n) is 5.80. The molecule has 0 radical (unpaired) electrons. The SMILES string of the molecule is CCC(CC)Oc1ccccc1-n1c(N)c2c(cc1=O)C(=O)NC2=O. The zero-order valence-corrected chi connectivity index (χ0v) is 14.0. The Bertz CT molecular complexity index is 913. The lowest BCUT2D eigenvalue weighted by Crippen LogP contribution is -2.25. The predicted octanol–water partition coefficient (Wildman–Crippen LogP) is 1.87. The molecule has 0 spiro atoms. The lowest BCUT2D eigenvalue weighted by atomic mass is 10.1. The van der Waals surface area contributed by atoms with Crippen molar-refractivity contribution >= 4 is 17.6 Å². The highest BCUT2D eigenvalue weighted by Gasteiger charge is 2.32. The summed E-state index contributed by atoms with van der Waals surface area (Å²) in [6.07, 6.45) is 1.63. The van der Waals surface area contributed by atoms with Gasteiger partial charge in [-0.3, -0.25) is 24.3 Å². The molecule has 0 aliphatic carbocycles. The van der Waals surface area contributed by atoms with E-state index in [4.69, 9.17) is 10.5 Å². The molecule has 7 nitrogen and oxygen atoms in total. The van der Waals surface area contributed by atoms with E-state index in [9.17, 15) is 14.4 Å². The summed E-state index contributed by atoms with van der Waals surface area (Å²) in [6.45, 7) is 4.03. The number of benzene rings is 1. The number of carbonyl (C=O) groups excluding carboxylic acids is 2. The summed E-state index contributed by atoms with van der Waals surface area (Å²) >= 11 is 0. The third kappa shape index (κ3) is 2.77. The van der Waals surface area contributed by atoms with Gasteiger partial charge in [-0.05, 0) is 25.0 Å². The van der Waals surface area contributed by atoms with Gasteiger partial charge in [0.05, 0.1) is 22.9 Å². The van der Waals surface area contributed by atoms with Crippen LogP contribution < -0.4 is 21.3 Å². The minimum Gasteiger partial charge on any atom is -0.488 e. The molecule has 25 heavy (non-hydrogen) atoms. The van der Waals surface area contributed by atoms with Crippen molar-refractivity contribution in [3.63, 3.8) is 0 Å². The van der Waals surface area contributed by atoms with Gasteiger partial charge >= 0.3 is 0 Å². The zero-order valence-electron chi connectivity index (χ0n) is 14.0. The number of nitrogens with one attached hydrogen (secondary N) is 1. The third-order valence-electron chi connectivity index (χ3n) is 4.26. The number of para-hydroxylation sites is 2. The van der Waals surface area contributed by atoms with Crippen molar-refractivity contribution in [2.75, 3.05) is 5.73 Å². The lowest BCUT2D eigenvalue weighted by molar-refractivity contribution is 0.0880. The number of ether oxygens (including phenoxy) is 1. The molecule has 130 valence electrons. The minimum atomic E-state index is -0.613. The van der Waals surface area contributed by atoms with Crippen molar-refractivity contribution in [1.29, 1.82) is 0 Å². The van der Waals surface area contributed by atoms with Crippen molar-refractivity contribution in [1.82, 2.24) is 9.88 Å². The van der Waals surface area contributed by atoms with Crippen LogP contribution in [0.3, 0.4) is 0 Å². The van der Waals surface area contributed by atoms with E-state index in [1.807, 2.05) is 13.8 Å². The quantitative estimate of drug-likeness (QED) is 0.808. The van der Waals surface area contributed by atoms with E-state index in [1.165, 1.54) is 4.57 Å². The van der Waals surface area contributed by atoms with Crippen molar-refractivity contribution in [2.45, 2.75) is 32.8 Å². The number of carbonyl (C=O) groups is 2. The maximum atomic E-state index is 12.6. The highest BCUT2D eigenvalue weighted by atomic mass is 16.5. The molecule has 1 aromatic carbocycles. The Morgan fingerprint density at radius 3 is 2.48 bits per heavy atom. The summed E-state index contributed by atoms with van der Waals surface area (Å²) in [6, 6.07) is 8.11. The van der Waals surface area contributed by atoms with Gasteiger partial charge < -0.3 is 10.5 Å². The Balaban J connectivity index is 2.19.